The molecule has 0 bridgehead atoms. The van der Waals surface area contributed by atoms with Gasteiger partial charge in [0.25, 0.3) is 0 Å². The minimum atomic E-state index is 0.0461. The third-order valence-electron chi connectivity index (χ3n) is 2.14. The van der Waals surface area contributed by atoms with Gasteiger partial charge in [0.2, 0.25) is 0 Å². The molecule has 1 aromatic heterocycles. The third-order valence-corrected chi connectivity index (χ3v) is 2.14. The van der Waals surface area contributed by atoms with Crippen molar-refractivity contribution in [3.05, 3.63) is 41.7 Å². The summed E-state index contributed by atoms with van der Waals surface area (Å²) in [4.78, 5) is 0. The van der Waals surface area contributed by atoms with Crippen molar-refractivity contribution in [2.24, 2.45) is 7.05 Å². The monoisotopic (exact) mass is 219 g/mol. The SMILES string of the molecule is Cn1cc(COc2ccc(CO)cc2)nn1. The van der Waals surface area contributed by atoms with Gasteiger partial charge in [0.15, 0.2) is 0 Å². The first-order valence-corrected chi connectivity index (χ1v) is 4.96. The lowest BCUT2D eigenvalue weighted by Gasteiger charge is -2.04. The van der Waals surface area contributed by atoms with Crippen molar-refractivity contribution in [2.45, 2.75) is 13.2 Å². The van der Waals surface area contributed by atoms with E-state index >= 15 is 0 Å². The Bertz CT molecular complexity index is 451. The van der Waals surface area contributed by atoms with Crippen LogP contribution in [0.4, 0.5) is 0 Å². The smallest absolute Gasteiger partial charge is 0.134 e. The molecule has 1 heterocycles. The van der Waals surface area contributed by atoms with E-state index in [1.54, 1.807) is 4.68 Å². The molecule has 2 aromatic rings. The van der Waals surface area contributed by atoms with Gasteiger partial charge in [-0.3, -0.25) is 4.68 Å². The first kappa shape index (κ1) is 10.6. The van der Waals surface area contributed by atoms with Crippen molar-refractivity contribution in [3.8, 4) is 5.75 Å². The van der Waals surface area contributed by atoms with Gasteiger partial charge in [0.05, 0.1) is 12.8 Å². The van der Waals surface area contributed by atoms with Gasteiger partial charge in [-0.15, -0.1) is 5.10 Å². The second-order valence-corrected chi connectivity index (χ2v) is 3.47. The van der Waals surface area contributed by atoms with Crippen LogP contribution < -0.4 is 4.74 Å². The van der Waals surface area contributed by atoms with E-state index in [1.807, 2.05) is 37.5 Å². The van der Waals surface area contributed by atoms with Crippen LogP contribution >= 0.6 is 0 Å². The summed E-state index contributed by atoms with van der Waals surface area (Å²) in [6.07, 6.45) is 1.81. The van der Waals surface area contributed by atoms with Crippen LogP contribution in [-0.4, -0.2) is 20.1 Å². The Kier molecular flexibility index (Phi) is 3.16. The van der Waals surface area contributed by atoms with E-state index < -0.39 is 0 Å². The Hall–Kier alpha value is -1.88. The lowest BCUT2D eigenvalue weighted by molar-refractivity contribution is 0.280. The Morgan fingerprint density at radius 3 is 2.62 bits per heavy atom. The highest BCUT2D eigenvalue weighted by atomic mass is 16.5. The zero-order chi connectivity index (χ0) is 11.4. The highest BCUT2D eigenvalue weighted by molar-refractivity contribution is 5.26. The molecule has 1 aromatic carbocycles. The maximum absolute atomic E-state index is 8.88. The number of aliphatic hydroxyl groups excluding tert-OH is 1. The van der Waals surface area contributed by atoms with E-state index in [2.05, 4.69) is 10.3 Å². The Balaban J connectivity index is 1.94. The van der Waals surface area contributed by atoms with Crippen LogP contribution in [-0.2, 0) is 20.3 Å². The van der Waals surface area contributed by atoms with Crippen LogP contribution in [0.5, 0.6) is 5.75 Å². The summed E-state index contributed by atoms with van der Waals surface area (Å²) in [5.74, 6) is 0.753. The average molecular weight is 219 g/mol. The molecule has 84 valence electrons. The highest BCUT2D eigenvalue weighted by Crippen LogP contribution is 2.13. The molecule has 0 saturated carbocycles. The number of aliphatic hydroxyl groups is 1. The molecule has 0 atom stereocenters. The quantitative estimate of drug-likeness (QED) is 0.829. The van der Waals surface area contributed by atoms with E-state index in [0.29, 0.717) is 6.61 Å². The van der Waals surface area contributed by atoms with Gasteiger partial charge in [-0.2, -0.15) is 0 Å². The predicted octanol–water partition coefficient (Wildman–Crippen LogP) is 0.886. The zero-order valence-corrected chi connectivity index (χ0v) is 9.00. The molecule has 0 spiro atoms. The van der Waals surface area contributed by atoms with E-state index in [4.69, 9.17) is 9.84 Å². The van der Waals surface area contributed by atoms with E-state index in [1.165, 1.54) is 0 Å². The number of aromatic nitrogens is 3. The molecule has 0 unspecified atom stereocenters. The average Bonchev–Trinajstić information content (AvgIpc) is 2.73. The van der Waals surface area contributed by atoms with Crippen LogP contribution in [0.25, 0.3) is 0 Å². The number of benzene rings is 1. The lowest BCUT2D eigenvalue weighted by atomic mass is 10.2. The van der Waals surface area contributed by atoms with Crippen LogP contribution in [0.2, 0.25) is 0 Å². The summed E-state index contributed by atoms with van der Waals surface area (Å²) < 4.78 is 7.14. The fourth-order valence-corrected chi connectivity index (χ4v) is 1.31. The third kappa shape index (κ3) is 2.58. The number of hydrogen-bond acceptors (Lipinski definition) is 4. The summed E-state index contributed by atoms with van der Waals surface area (Å²) in [7, 11) is 1.81. The van der Waals surface area contributed by atoms with Crippen molar-refractivity contribution in [1.82, 2.24) is 15.0 Å². The summed E-state index contributed by atoms with van der Waals surface area (Å²) in [6, 6.07) is 7.29. The molecule has 5 nitrogen and oxygen atoms in total. The molecule has 0 saturated heterocycles. The van der Waals surface area contributed by atoms with E-state index in [0.717, 1.165) is 17.0 Å². The van der Waals surface area contributed by atoms with Gasteiger partial charge in [-0.05, 0) is 17.7 Å². The molecular formula is C11H13N3O2. The maximum atomic E-state index is 8.88. The minimum absolute atomic E-state index is 0.0461. The largest absolute Gasteiger partial charge is 0.487 e. The van der Waals surface area contributed by atoms with Crippen LogP contribution in [0.3, 0.4) is 0 Å². The van der Waals surface area contributed by atoms with Crippen molar-refractivity contribution in [3.63, 3.8) is 0 Å². The zero-order valence-electron chi connectivity index (χ0n) is 9.00. The Labute approximate surface area is 93.3 Å². The molecule has 0 radical (unpaired) electrons. The number of hydrogen-bond donors (Lipinski definition) is 1. The first-order chi connectivity index (χ1) is 7.78. The molecule has 5 heteroatoms. The van der Waals surface area contributed by atoms with Crippen molar-refractivity contribution in [1.29, 1.82) is 0 Å². The van der Waals surface area contributed by atoms with Gasteiger partial charge in [-0.25, -0.2) is 0 Å². The lowest BCUT2D eigenvalue weighted by Crippen LogP contribution is -1.96. The molecule has 0 amide bonds. The van der Waals surface area contributed by atoms with Gasteiger partial charge >= 0.3 is 0 Å². The van der Waals surface area contributed by atoms with Gasteiger partial charge in [-0.1, -0.05) is 17.3 Å². The predicted molar refractivity (Wildman–Crippen MR) is 57.7 cm³/mol. The normalized spacial score (nSPS) is 10.4. The maximum Gasteiger partial charge on any atom is 0.134 e. The summed E-state index contributed by atoms with van der Waals surface area (Å²) >= 11 is 0. The fraction of sp³-hybridized carbons (Fsp3) is 0.273. The first-order valence-electron chi connectivity index (χ1n) is 4.96. The second kappa shape index (κ2) is 4.76. The number of ether oxygens (including phenoxy) is 1. The topological polar surface area (TPSA) is 60.2 Å². The molecule has 0 aliphatic heterocycles. The molecular weight excluding hydrogens is 206 g/mol. The van der Waals surface area contributed by atoms with Crippen molar-refractivity contribution >= 4 is 0 Å². The molecule has 16 heavy (non-hydrogen) atoms. The standard InChI is InChI=1S/C11H13N3O2/c1-14-6-10(12-13-14)8-16-11-4-2-9(7-15)3-5-11/h2-6,15H,7-8H2,1H3. The van der Waals surface area contributed by atoms with Gasteiger partial charge < -0.3 is 9.84 Å². The van der Waals surface area contributed by atoms with Crippen LogP contribution in [0.15, 0.2) is 30.5 Å². The molecule has 0 fully saturated rings. The highest BCUT2D eigenvalue weighted by Gasteiger charge is 1.99. The van der Waals surface area contributed by atoms with Crippen LogP contribution in [0, 0.1) is 0 Å². The summed E-state index contributed by atoms with van der Waals surface area (Å²) in [5.41, 5.74) is 1.65. The number of aryl methyl sites for hydroxylation is 1. The number of nitrogens with zero attached hydrogens (tertiary/aromatic N) is 3. The fourth-order valence-electron chi connectivity index (χ4n) is 1.31. The van der Waals surface area contributed by atoms with Gasteiger partial charge in [0.1, 0.15) is 18.1 Å². The van der Waals surface area contributed by atoms with E-state index in [-0.39, 0.29) is 6.61 Å². The number of rotatable bonds is 4. The Morgan fingerprint density at radius 2 is 2.06 bits per heavy atom. The molecule has 2 rings (SSSR count). The molecule has 1 N–H and O–H groups in total. The second-order valence-electron chi connectivity index (χ2n) is 3.47. The van der Waals surface area contributed by atoms with Gasteiger partial charge in [0, 0.05) is 7.05 Å². The Morgan fingerprint density at radius 1 is 1.31 bits per heavy atom. The van der Waals surface area contributed by atoms with Crippen molar-refractivity contribution in [2.75, 3.05) is 0 Å². The molecule has 0 aliphatic rings. The summed E-state index contributed by atoms with van der Waals surface area (Å²) in [5, 5.41) is 16.6. The van der Waals surface area contributed by atoms with Crippen molar-refractivity contribution < 1.29 is 9.84 Å². The molecule has 0 aliphatic carbocycles. The minimum Gasteiger partial charge on any atom is -0.487 e. The summed E-state index contributed by atoms with van der Waals surface area (Å²) in [6.45, 7) is 0.441. The van der Waals surface area contributed by atoms with Crippen LogP contribution in [0.1, 0.15) is 11.3 Å². The van der Waals surface area contributed by atoms with E-state index in [9.17, 15) is 0 Å².